The van der Waals surface area contributed by atoms with E-state index in [0.29, 0.717) is 27.8 Å². The predicted octanol–water partition coefficient (Wildman–Crippen LogP) is 2.78. The smallest absolute Gasteiger partial charge is 0.257 e. The van der Waals surface area contributed by atoms with Crippen LogP contribution in [0, 0.1) is 11.3 Å². The highest BCUT2D eigenvalue weighted by Gasteiger charge is 2.28. The third kappa shape index (κ3) is 3.52. The molecule has 1 saturated carbocycles. The Morgan fingerprint density at radius 2 is 2.11 bits per heavy atom. The maximum Gasteiger partial charge on any atom is 0.257 e. The van der Waals surface area contributed by atoms with Gasteiger partial charge < -0.3 is 5.32 Å². The molecule has 134 valence electrons. The molecule has 0 bridgehead atoms. The first kappa shape index (κ1) is 17.2. The fourth-order valence-corrected chi connectivity index (χ4v) is 3.30. The number of thioether (sulfide) groups is 1. The Morgan fingerprint density at radius 1 is 1.33 bits per heavy atom. The van der Waals surface area contributed by atoms with Gasteiger partial charge in [-0.3, -0.25) is 4.79 Å². The van der Waals surface area contributed by atoms with Crippen LogP contribution >= 0.6 is 11.8 Å². The van der Waals surface area contributed by atoms with Crippen molar-refractivity contribution in [2.75, 3.05) is 11.6 Å². The van der Waals surface area contributed by atoms with Gasteiger partial charge in [-0.15, -0.1) is 16.9 Å². The number of anilines is 1. The molecule has 2 aromatic heterocycles. The average molecular weight is 377 g/mol. The van der Waals surface area contributed by atoms with Gasteiger partial charge in [0.05, 0.1) is 16.8 Å². The number of tetrazole rings is 1. The fraction of sp³-hybridized carbons (Fsp3) is 0.222. The molecule has 1 amide bonds. The van der Waals surface area contributed by atoms with E-state index >= 15 is 0 Å². The molecule has 0 radical (unpaired) electrons. The number of carbonyl (C=O) groups excluding carboxylic acids is 1. The topological polar surface area (TPSA) is 109 Å². The number of nitrogens with one attached hydrogen (secondary N) is 1. The molecule has 1 N–H and O–H groups in total. The van der Waals surface area contributed by atoms with Crippen LogP contribution in [-0.4, -0.2) is 37.4 Å². The van der Waals surface area contributed by atoms with Crippen LogP contribution in [0.4, 0.5) is 5.69 Å². The molecular weight excluding hydrogens is 362 g/mol. The summed E-state index contributed by atoms with van der Waals surface area (Å²) < 4.78 is 1.52. The number of nitriles is 1. The molecule has 1 aliphatic rings. The maximum absolute atomic E-state index is 12.8. The minimum absolute atomic E-state index is 0.315. The molecule has 0 aliphatic heterocycles. The molecule has 27 heavy (non-hydrogen) atoms. The van der Waals surface area contributed by atoms with Crippen LogP contribution in [0.5, 0.6) is 0 Å². The van der Waals surface area contributed by atoms with Crippen LogP contribution in [0.25, 0.3) is 5.69 Å². The molecule has 0 atom stereocenters. The molecule has 0 saturated heterocycles. The van der Waals surface area contributed by atoms with Crippen molar-refractivity contribution in [3.05, 3.63) is 53.5 Å². The number of nitrogens with zero attached hydrogens (tertiary/aromatic N) is 6. The zero-order valence-electron chi connectivity index (χ0n) is 14.5. The Morgan fingerprint density at radius 3 is 2.70 bits per heavy atom. The molecule has 1 fully saturated rings. The second-order valence-electron chi connectivity index (χ2n) is 6.12. The number of carbonyl (C=O) groups is 1. The largest absolute Gasteiger partial charge is 0.322 e. The second kappa shape index (κ2) is 7.17. The minimum atomic E-state index is -0.318. The van der Waals surface area contributed by atoms with Crippen molar-refractivity contribution in [2.24, 2.45) is 0 Å². The number of hydrogen-bond donors (Lipinski definition) is 1. The van der Waals surface area contributed by atoms with Gasteiger partial charge in [-0.25, -0.2) is 9.67 Å². The monoisotopic (exact) mass is 377 g/mol. The number of amides is 1. The zero-order chi connectivity index (χ0) is 18.8. The van der Waals surface area contributed by atoms with Gasteiger partial charge in [0.1, 0.15) is 17.4 Å². The van der Waals surface area contributed by atoms with Crippen molar-refractivity contribution in [1.29, 1.82) is 5.26 Å². The highest BCUT2D eigenvalue weighted by atomic mass is 32.2. The summed E-state index contributed by atoms with van der Waals surface area (Å²) in [6, 6.07) is 11.0. The lowest BCUT2D eigenvalue weighted by Crippen LogP contribution is -2.15. The summed E-state index contributed by atoms with van der Waals surface area (Å²) in [6.45, 7) is 0. The van der Waals surface area contributed by atoms with Gasteiger partial charge in [0.2, 0.25) is 0 Å². The molecule has 1 aromatic carbocycles. The van der Waals surface area contributed by atoms with Gasteiger partial charge in [-0.05, 0) is 59.9 Å². The summed E-state index contributed by atoms with van der Waals surface area (Å²) in [6.07, 6.45) is 5.51. The van der Waals surface area contributed by atoms with Crippen LogP contribution < -0.4 is 5.32 Å². The van der Waals surface area contributed by atoms with Crippen molar-refractivity contribution in [2.45, 2.75) is 23.8 Å². The normalized spacial score (nSPS) is 13.2. The zero-order valence-corrected chi connectivity index (χ0v) is 15.3. The molecular formula is C18H15N7OS. The number of pyridine rings is 1. The van der Waals surface area contributed by atoms with E-state index in [2.05, 4.69) is 31.9 Å². The van der Waals surface area contributed by atoms with Crippen molar-refractivity contribution in [1.82, 2.24) is 25.2 Å². The maximum atomic E-state index is 12.8. The van der Waals surface area contributed by atoms with E-state index in [1.807, 2.05) is 6.26 Å². The van der Waals surface area contributed by atoms with Gasteiger partial charge in [0.25, 0.3) is 5.91 Å². The summed E-state index contributed by atoms with van der Waals surface area (Å²) in [5.74, 6) is 0.0760. The molecule has 8 nitrogen and oxygen atoms in total. The van der Waals surface area contributed by atoms with E-state index in [1.54, 1.807) is 30.3 Å². The van der Waals surface area contributed by atoms with Crippen LogP contribution in [-0.2, 0) is 0 Å². The fourth-order valence-electron chi connectivity index (χ4n) is 2.74. The Hall–Kier alpha value is -3.25. The highest BCUT2D eigenvalue weighted by molar-refractivity contribution is 7.98. The van der Waals surface area contributed by atoms with Crippen molar-refractivity contribution in [3.8, 4) is 11.8 Å². The Balaban J connectivity index is 1.61. The summed E-state index contributed by atoms with van der Waals surface area (Å²) in [4.78, 5) is 17.4. The van der Waals surface area contributed by atoms with E-state index in [1.165, 1.54) is 22.8 Å². The quantitative estimate of drug-likeness (QED) is 0.681. The van der Waals surface area contributed by atoms with Crippen LogP contribution in [0.3, 0.4) is 0 Å². The molecule has 2 heterocycles. The molecule has 4 rings (SSSR count). The minimum Gasteiger partial charge on any atom is -0.322 e. The second-order valence-corrected chi connectivity index (χ2v) is 6.92. The first-order valence-corrected chi connectivity index (χ1v) is 9.56. The van der Waals surface area contributed by atoms with Crippen molar-refractivity contribution >= 4 is 23.4 Å². The van der Waals surface area contributed by atoms with Gasteiger partial charge in [-0.1, -0.05) is 0 Å². The SMILES string of the molecule is CSc1nc(C2CC2)cc(C(=O)Nc2ccc(-n3cnnn3)cc2)c1C#N. The van der Waals surface area contributed by atoms with Gasteiger partial charge >= 0.3 is 0 Å². The van der Waals surface area contributed by atoms with E-state index in [4.69, 9.17) is 0 Å². The van der Waals surface area contributed by atoms with Crippen molar-refractivity contribution < 1.29 is 4.79 Å². The predicted molar refractivity (Wildman–Crippen MR) is 99.8 cm³/mol. The Labute approximate surface area is 159 Å². The third-order valence-electron chi connectivity index (χ3n) is 4.29. The van der Waals surface area contributed by atoms with Crippen LogP contribution in [0.1, 0.15) is 40.4 Å². The van der Waals surface area contributed by atoms with E-state index in [0.717, 1.165) is 24.2 Å². The van der Waals surface area contributed by atoms with E-state index in [9.17, 15) is 10.1 Å². The number of rotatable bonds is 5. The molecule has 1 aliphatic carbocycles. The van der Waals surface area contributed by atoms with Crippen molar-refractivity contribution in [3.63, 3.8) is 0 Å². The van der Waals surface area contributed by atoms with Gasteiger partial charge in [0.15, 0.2) is 0 Å². The molecule has 0 unspecified atom stereocenters. The third-order valence-corrected chi connectivity index (χ3v) is 4.97. The highest BCUT2D eigenvalue weighted by Crippen LogP contribution is 2.40. The van der Waals surface area contributed by atoms with Crippen LogP contribution in [0.2, 0.25) is 0 Å². The van der Waals surface area contributed by atoms with E-state index < -0.39 is 0 Å². The first-order chi connectivity index (χ1) is 13.2. The summed E-state index contributed by atoms with van der Waals surface area (Å²) >= 11 is 1.38. The van der Waals surface area contributed by atoms with Gasteiger partial charge in [0, 0.05) is 17.3 Å². The molecule has 9 heteroatoms. The summed E-state index contributed by atoms with van der Waals surface area (Å²) in [5.41, 5.74) is 2.96. The molecule has 3 aromatic rings. The standard InChI is InChI=1S/C18H15N7OS/c1-27-18-15(9-19)14(8-16(22-18)11-2-3-11)17(26)21-12-4-6-13(7-5-12)25-10-20-23-24-25/h4-8,10-11H,2-3H2,1H3,(H,21,26). The van der Waals surface area contributed by atoms with Crippen LogP contribution in [0.15, 0.2) is 41.7 Å². The Kier molecular flexibility index (Phi) is 4.56. The average Bonchev–Trinajstić information content (AvgIpc) is 3.41. The number of benzene rings is 1. The van der Waals surface area contributed by atoms with E-state index in [-0.39, 0.29) is 5.91 Å². The first-order valence-electron chi connectivity index (χ1n) is 8.33. The molecule has 0 spiro atoms. The number of aromatic nitrogens is 5. The summed E-state index contributed by atoms with van der Waals surface area (Å²) in [5, 5.41) is 24.0. The Bertz CT molecular complexity index is 1020. The van der Waals surface area contributed by atoms with Gasteiger partial charge in [-0.2, -0.15) is 5.26 Å². The lowest BCUT2D eigenvalue weighted by Gasteiger charge is -2.11. The number of hydrogen-bond acceptors (Lipinski definition) is 7. The lowest BCUT2D eigenvalue weighted by molar-refractivity contribution is 0.102. The summed E-state index contributed by atoms with van der Waals surface area (Å²) in [7, 11) is 0. The lowest BCUT2D eigenvalue weighted by atomic mass is 10.1.